The molecule has 0 atom stereocenters. The van der Waals surface area contributed by atoms with E-state index in [9.17, 15) is 9.90 Å². The van der Waals surface area contributed by atoms with Gasteiger partial charge in [0, 0.05) is 11.3 Å². The first-order chi connectivity index (χ1) is 8.69. The molecule has 0 aliphatic heterocycles. The molecule has 0 heterocycles. The van der Waals surface area contributed by atoms with Gasteiger partial charge in [0.2, 0.25) is 0 Å². The smallest absolute Gasteiger partial charge is 0.255 e. The van der Waals surface area contributed by atoms with Gasteiger partial charge in [0.1, 0.15) is 5.75 Å². The number of aryl methyl sites for hydroxylation is 1. The minimum atomic E-state index is -0.223. The maximum Gasteiger partial charge on any atom is 0.255 e. The fourth-order valence-corrected chi connectivity index (χ4v) is 1.72. The Kier molecular flexibility index (Phi) is 3.63. The number of nitrogens with one attached hydrogen (secondary N) is 1. The van der Waals surface area contributed by atoms with Crippen LogP contribution in [0.2, 0.25) is 0 Å². The van der Waals surface area contributed by atoms with Crippen LogP contribution in [0.1, 0.15) is 22.8 Å². The van der Waals surface area contributed by atoms with Gasteiger partial charge in [-0.15, -0.1) is 0 Å². The summed E-state index contributed by atoms with van der Waals surface area (Å²) in [7, 11) is 0. The molecule has 0 radical (unpaired) electrons. The molecule has 0 bridgehead atoms. The van der Waals surface area contributed by atoms with E-state index >= 15 is 0 Å². The Morgan fingerprint density at radius 2 is 1.94 bits per heavy atom. The second kappa shape index (κ2) is 5.36. The maximum atomic E-state index is 11.9. The van der Waals surface area contributed by atoms with Crippen LogP contribution in [-0.2, 0) is 6.42 Å². The normalized spacial score (nSPS) is 10.1. The fourth-order valence-electron chi connectivity index (χ4n) is 1.72. The highest BCUT2D eigenvalue weighted by Gasteiger charge is 2.06. The number of phenolic OH excluding ortho intramolecular Hbond substituents is 1. The molecule has 0 spiro atoms. The van der Waals surface area contributed by atoms with Gasteiger partial charge in [-0.3, -0.25) is 4.79 Å². The van der Waals surface area contributed by atoms with Crippen LogP contribution in [0.3, 0.4) is 0 Å². The van der Waals surface area contributed by atoms with Crippen LogP contribution in [0.5, 0.6) is 5.75 Å². The highest BCUT2D eigenvalue weighted by molar-refractivity contribution is 6.04. The third kappa shape index (κ3) is 2.88. The van der Waals surface area contributed by atoms with Gasteiger partial charge in [0.15, 0.2) is 0 Å². The van der Waals surface area contributed by atoms with Crippen LogP contribution in [-0.4, -0.2) is 11.0 Å². The van der Waals surface area contributed by atoms with E-state index in [0.717, 1.165) is 12.1 Å². The minimum Gasteiger partial charge on any atom is -0.508 e. The van der Waals surface area contributed by atoms with Crippen molar-refractivity contribution in [2.45, 2.75) is 13.3 Å². The van der Waals surface area contributed by atoms with Crippen LogP contribution in [0, 0.1) is 0 Å². The quantitative estimate of drug-likeness (QED) is 0.866. The molecule has 92 valence electrons. The fraction of sp³-hybridized carbons (Fsp3) is 0.133. The van der Waals surface area contributed by atoms with Gasteiger partial charge in [0.25, 0.3) is 5.91 Å². The standard InChI is InChI=1S/C15H15NO2/c1-2-11-5-3-7-13(9-11)16-15(18)12-6-4-8-14(17)10-12/h3-10,17H,2H2,1H3,(H,16,18). The summed E-state index contributed by atoms with van der Waals surface area (Å²) in [6, 6.07) is 14.0. The molecule has 2 aromatic rings. The number of phenols is 1. The molecule has 0 saturated carbocycles. The Balaban J connectivity index is 2.16. The molecule has 0 fully saturated rings. The number of benzene rings is 2. The number of anilines is 1. The summed E-state index contributed by atoms with van der Waals surface area (Å²) < 4.78 is 0. The van der Waals surface area contributed by atoms with Crippen LogP contribution in [0.25, 0.3) is 0 Å². The van der Waals surface area contributed by atoms with Gasteiger partial charge in [-0.1, -0.05) is 25.1 Å². The summed E-state index contributed by atoms with van der Waals surface area (Å²) in [4.78, 5) is 11.9. The summed E-state index contributed by atoms with van der Waals surface area (Å²) in [5, 5.41) is 12.1. The molecule has 3 nitrogen and oxygen atoms in total. The van der Waals surface area contributed by atoms with Gasteiger partial charge >= 0.3 is 0 Å². The van der Waals surface area contributed by atoms with Crippen LogP contribution in [0.15, 0.2) is 48.5 Å². The molecule has 0 aliphatic carbocycles. The first kappa shape index (κ1) is 12.2. The number of amides is 1. The molecule has 0 saturated heterocycles. The third-order valence-corrected chi connectivity index (χ3v) is 2.70. The van der Waals surface area contributed by atoms with E-state index < -0.39 is 0 Å². The molecule has 2 N–H and O–H groups in total. The molecular formula is C15H15NO2. The second-order valence-electron chi connectivity index (χ2n) is 4.06. The Labute approximate surface area is 106 Å². The number of carbonyl (C=O) groups is 1. The lowest BCUT2D eigenvalue weighted by molar-refractivity contribution is 0.102. The number of aromatic hydroxyl groups is 1. The molecule has 0 unspecified atom stereocenters. The van der Waals surface area contributed by atoms with Crippen LogP contribution < -0.4 is 5.32 Å². The lowest BCUT2D eigenvalue weighted by Crippen LogP contribution is -2.11. The van der Waals surface area contributed by atoms with Crippen LogP contribution >= 0.6 is 0 Å². The van der Waals surface area contributed by atoms with Gasteiger partial charge in [-0.2, -0.15) is 0 Å². The van der Waals surface area contributed by atoms with E-state index in [1.807, 2.05) is 24.3 Å². The SMILES string of the molecule is CCc1cccc(NC(=O)c2cccc(O)c2)c1. The summed E-state index contributed by atoms with van der Waals surface area (Å²) in [5.74, 6) is -0.135. The van der Waals surface area contributed by atoms with Crippen molar-refractivity contribution in [1.82, 2.24) is 0 Å². The first-order valence-corrected chi connectivity index (χ1v) is 5.88. The first-order valence-electron chi connectivity index (χ1n) is 5.88. The average molecular weight is 241 g/mol. The Morgan fingerprint density at radius 3 is 2.67 bits per heavy atom. The largest absolute Gasteiger partial charge is 0.508 e. The Bertz CT molecular complexity index is 564. The van der Waals surface area contributed by atoms with Crippen molar-refractivity contribution in [2.24, 2.45) is 0 Å². The predicted octanol–water partition coefficient (Wildman–Crippen LogP) is 3.21. The number of hydrogen-bond acceptors (Lipinski definition) is 2. The Morgan fingerprint density at radius 1 is 1.17 bits per heavy atom. The van der Waals surface area contributed by atoms with E-state index in [1.165, 1.54) is 17.7 Å². The zero-order chi connectivity index (χ0) is 13.0. The molecule has 18 heavy (non-hydrogen) atoms. The van der Waals surface area contributed by atoms with Crippen molar-refractivity contribution in [3.8, 4) is 5.75 Å². The average Bonchev–Trinajstić information content (AvgIpc) is 2.39. The predicted molar refractivity (Wildman–Crippen MR) is 71.9 cm³/mol. The van der Waals surface area contributed by atoms with E-state index in [0.29, 0.717) is 5.56 Å². The molecule has 3 heteroatoms. The number of carbonyl (C=O) groups excluding carboxylic acids is 1. The van der Waals surface area contributed by atoms with Crippen molar-refractivity contribution in [3.05, 3.63) is 59.7 Å². The van der Waals surface area contributed by atoms with E-state index in [1.54, 1.807) is 12.1 Å². The molecule has 1 amide bonds. The van der Waals surface area contributed by atoms with Crippen molar-refractivity contribution < 1.29 is 9.90 Å². The maximum absolute atomic E-state index is 11.9. The number of hydrogen-bond donors (Lipinski definition) is 2. The monoisotopic (exact) mass is 241 g/mol. The van der Waals surface area contributed by atoms with Crippen molar-refractivity contribution >= 4 is 11.6 Å². The van der Waals surface area contributed by atoms with Crippen LogP contribution in [0.4, 0.5) is 5.69 Å². The zero-order valence-corrected chi connectivity index (χ0v) is 10.2. The number of rotatable bonds is 3. The highest BCUT2D eigenvalue weighted by atomic mass is 16.3. The Hall–Kier alpha value is -2.29. The molecule has 0 aromatic heterocycles. The van der Waals surface area contributed by atoms with E-state index in [2.05, 4.69) is 12.2 Å². The molecular weight excluding hydrogens is 226 g/mol. The summed E-state index contributed by atoms with van der Waals surface area (Å²) in [6.45, 7) is 2.07. The topological polar surface area (TPSA) is 49.3 Å². The third-order valence-electron chi connectivity index (χ3n) is 2.70. The van der Waals surface area contributed by atoms with Gasteiger partial charge in [-0.05, 0) is 42.3 Å². The van der Waals surface area contributed by atoms with E-state index in [-0.39, 0.29) is 11.7 Å². The lowest BCUT2D eigenvalue weighted by Gasteiger charge is -2.07. The zero-order valence-electron chi connectivity index (χ0n) is 10.2. The van der Waals surface area contributed by atoms with E-state index in [4.69, 9.17) is 0 Å². The molecule has 0 aliphatic rings. The summed E-state index contributed by atoms with van der Waals surface area (Å²) in [5.41, 5.74) is 2.38. The summed E-state index contributed by atoms with van der Waals surface area (Å²) in [6.07, 6.45) is 0.926. The minimum absolute atomic E-state index is 0.0879. The van der Waals surface area contributed by atoms with Crippen molar-refractivity contribution in [3.63, 3.8) is 0 Å². The molecule has 2 rings (SSSR count). The lowest BCUT2D eigenvalue weighted by atomic mass is 10.1. The molecule has 2 aromatic carbocycles. The van der Waals surface area contributed by atoms with Crippen molar-refractivity contribution in [2.75, 3.05) is 5.32 Å². The highest BCUT2D eigenvalue weighted by Crippen LogP contribution is 2.15. The van der Waals surface area contributed by atoms with Gasteiger partial charge in [0.05, 0.1) is 0 Å². The van der Waals surface area contributed by atoms with Gasteiger partial charge < -0.3 is 10.4 Å². The van der Waals surface area contributed by atoms with Crippen molar-refractivity contribution in [1.29, 1.82) is 0 Å². The summed E-state index contributed by atoms with van der Waals surface area (Å²) >= 11 is 0. The van der Waals surface area contributed by atoms with Gasteiger partial charge in [-0.25, -0.2) is 0 Å². The second-order valence-corrected chi connectivity index (χ2v) is 4.06.